The number of H-pyrrole nitrogens is 1. The Balaban J connectivity index is 1.35. The molecule has 1 aliphatic carbocycles. The number of pyridine rings is 2. The zero-order valence-electron chi connectivity index (χ0n) is 15.9. The minimum Gasteiger partial charge on any atom is -0.367 e. The van der Waals surface area contributed by atoms with E-state index in [4.69, 9.17) is 4.98 Å². The highest BCUT2D eigenvalue weighted by Gasteiger charge is 2.23. The number of carbonyl (C=O) groups excluding carboxylic acids is 1. The number of fused-ring (bicyclic) bond motifs is 1. The van der Waals surface area contributed by atoms with Crippen LogP contribution in [-0.4, -0.2) is 28.0 Å². The Labute approximate surface area is 163 Å². The van der Waals surface area contributed by atoms with E-state index in [0.29, 0.717) is 6.04 Å². The summed E-state index contributed by atoms with van der Waals surface area (Å²) in [7, 11) is 0. The summed E-state index contributed by atoms with van der Waals surface area (Å²) in [5.74, 6) is 0.601. The van der Waals surface area contributed by atoms with Crippen molar-refractivity contribution in [2.75, 3.05) is 5.32 Å². The fourth-order valence-corrected chi connectivity index (χ4v) is 3.88. The molecule has 0 spiro atoms. The van der Waals surface area contributed by atoms with Crippen LogP contribution in [0.25, 0.3) is 10.9 Å². The minimum absolute atomic E-state index is 0.0939. The van der Waals surface area contributed by atoms with Crippen molar-refractivity contribution in [1.82, 2.24) is 15.3 Å². The van der Waals surface area contributed by atoms with E-state index in [1.807, 2.05) is 18.2 Å². The maximum Gasteiger partial charge on any atom is 0.260 e. The van der Waals surface area contributed by atoms with Gasteiger partial charge in [-0.15, -0.1) is 0 Å². The summed E-state index contributed by atoms with van der Waals surface area (Å²) in [4.78, 5) is 31.3. The average molecular weight is 376 g/mol. The lowest BCUT2D eigenvalue weighted by atomic mass is 9.91. The van der Waals surface area contributed by atoms with Gasteiger partial charge in [0, 0.05) is 23.7 Å². The van der Waals surface area contributed by atoms with E-state index < -0.39 is 0 Å². The molecule has 144 valence electrons. The van der Waals surface area contributed by atoms with Crippen molar-refractivity contribution >= 4 is 22.6 Å². The summed E-state index contributed by atoms with van der Waals surface area (Å²) in [6.45, 7) is 2.10. The van der Waals surface area contributed by atoms with E-state index in [-0.39, 0.29) is 23.1 Å². The molecule has 0 bridgehead atoms. The van der Waals surface area contributed by atoms with Crippen LogP contribution >= 0.6 is 0 Å². The Hall–Kier alpha value is -3.15. The number of amides is 1. The molecular formula is C22H24N4O2. The molecule has 1 fully saturated rings. The molecular weight excluding hydrogens is 352 g/mol. The van der Waals surface area contributed by atoms with Gasteiger partial charge in [-0.05, 0) is 62.4 Å². The van der Waals surface area contributed by atoms with Crippen molar-refractivity contribution in [2.24, 2.45) is 0 Å². The Kier molecular flexibility index (Phi) is 5.10. The minimum atomic E-state index is -0.354. The summed E-state index contributed by atoms with van der Waals surface area (Å²) in [5, 5.41) is 7.72. The molecule has 2 aromatic heterocycles. The van der Waals surface area contributed by atoms with Crippen molar-refractivity contribution < 1.29 is 4.79 Å². The Bertz CT molecular complexity index is 1050. The first kappa shape index (κ1) is 18.2. The molecule has 6 nitrogen and oxygen atoms in total. The summed E-state index contributed by atoms with van der Waals surface area (Å²) >= 11 is 0. The standard InChI is InChI=1S/C22H24N4O2/c1-14-13-20(26-19-7-3-2-5-17(14)19)24-15-8-10-16(11-9-15)25-22(28)18-6-4-12-23-21(18)27/h2-7,12-13,15-16H,8-11H2,1H3,(H,23,27)(H,24,26)(H,25,28). The van der Waals surface area contributed by atoms with Crippen LogP contribution < -0.4 is 16.2 Å². The summed E-state index contributed by atoms with van der Waals surface area (Å²) in [5.41, 5.74) is 2.02. The molecule has 4 rings (SSSR count). The van der Waals surface area contributed by atoms with Gasteiger partial charge in [0.15, 0.2) is 0 Å². The lowest BCUT2D eigenvalue weighted by Gasteiger charge is -2.30. The number of rotatable bonds is 4. The number of aromatic nitrogens is 2. The van der Waals surface area contributed by atoms with Crippen LogP contribution in [0.5, 0.6) is 0 Å². The van der Waals surface area contributed by atoms with E-state index in [1.54, 1.807) is 12.1 Å². The molecule has 2 heterocycles. The second-order valence-corrected chi connectivity index (χ2v) is 7.42. The number of nitrogens with zero attached hydrogens (tertiary/aromatic N) is 1. The van der Waals surface area contributed by atoms with Gasteiger partial charge in [-0.1, -0.05) is 18.2 Å². The SMILES string of the molecule is Cc1cc(NC2CCC(NC(=O)c3ccc[nH]c3=O)CC2)nc2ccccc12. The fourth-order valence-electron chi connectivity index (χ4n) is 3.88. The average Bonchev–Trinajstić information content (AvgIpc) is 2.70. The molecule has 1 saturated carbocycles. The smallest absolute Gasteiger partial charge is 0.260 e. The van der Waals surface area contributed by atoms with Gasteiger partial charge >= 0.3 is 0 Å². The molecule has 3 aromatic rings. The maximum atomic E-state index is 12.3. The van der Waals surface area contributed by atoms with Crippen molar-refractivity contribution in [3.63, 3.8) is 0 Å². The molecule has 3 N–H and O–H groups in total. The third-order valence-electron chi connectivity index (χ3n) is 5.40. The molecule has 1 aliphatic rings. The number of para-hydroxylation sites is 1. The van der Waals surface area contributed by atoms with E-state index in [2.05, 4.69) is 34.7 Å². The monoisotopic (exact) mass is 376 g/mol. The second kappa shape index (κ2) is 7.84. The van der Waals surface area contributed by atoms with E-state index in [1.165, 1.54) is 17.1 Å². The van der Waals surface area contributed by atoms with Gasteiger partial charge in [0.25, 0.3) is 11.5 Å². The molecule has 0 aliphatic heterocycles. The molecule has 28 heavy (non-hydrogen) atoms. The molecule has 6 heteroatoms. The number of nitrogens with one attached hydrogen (secondary N) is 3. The molecule has 1 amide bonds. The quantitative estimate of drug-likeness (QED) is 0.651. The summed E-state index contributed by atoms with van der Waals surface area (Å²) in [6.07, 6.45) is 5.17. The van der Waals surface area contributed by atoms with E-state index in [9.17, 15) is 9.59 Å². The van der Waals surface area contributed by atoms with E-state index >= 15 is 0 Å². The zero-order valence-corrected chi connectivity index (χ0v) is 15.9. The van der Waals surface area contributed by atoms with Gasteiger partial charge in [0.2, 0.25) is 0 Å². The Morgan fingerprint density at radius 2 is 1.82 bits per heavy atom. The van der Waals surface area contributed by atoms with Crippen LogP contribution in [0.3, 0.4) is 0 Å². The van der Waals surface area contributed by atoms with Gasteiger partial charge < -0.3 is 15.6 Å². The van der Waals surface area contributed by atoms with Gasteiger partial charge in [-0.25, -0.2) is 4.98 Å². The Morgan fingerprint density at radius 3 is 2.61 bits per heavy atom. The maximum absolute atomic E-state index is 12.3. The number of aromatic amines is 1. The molecule has 0 radical (unpaired) electrons. The van der Waals surface area contributed by atoms with Gasteiger partial charge in [0.1, 0.15) is 11.4 Å². The fraction of sp³-hybridized carbons (Fsp3) is 0.318. The predicted octanol–water partition coefficient (Wildman–Crippen LogP) is 3.38. The highest BCUT2D eigenvalue weighted by atomic mass is 16.2. The first-order chi connectivity index (χ1) is 13.6. The lowest BCUT2D eigenvalue weighted by Crippen LogP contribution is -2.41. The van der Waals surface area contributed by atoms with Gasteiger partial charge in [0.05, 0.1) is 5.52 Å². The predicted molar refractivity (Wildman–Crippen MR) is 111 cm³/mol. The largest absolute Gasteiger partial charge is 0.367 e. The number of hydrogen-bond acceptors (Lipinski definition) is 4. The van der Waals surface area contributed by atoms with E-state index in [0.717, 1.165) is 37.0 Å². The van der Waals surface area contributed by atoms with Crippen LogP contribution in [0.15, 0.2) is 53.5 Å². The molecule has 0 unspecified atom stereocenters. The normalized spacial score (nSPS) is 19.3. The highest BCUT2D eigenvalue weighted by molar-refractivity contribution is 5.93. The van der Waals surface area contributed by atoms with Crippen LogP contribution in [0.4, 0.5) is 5.82 Å². The second-order valence-electron chi connectivity index (χ2n) is 7.42. The summed E-state index contributed by atoms with van der Waals surface area (Å²) < 4.78 is 0. The molecule has 0 saturated heterocycles. The van der Waals surface area contributed by atoms with Crippen molar-refractivity contribution in [2.45, 2.75) is 44.7 Å². The third-order valence-corrected chi connectivity index (χ3v) is 5.40. The number of benzene rings is 1. The summed E-state index contributed by atoms with van der Waals surface area (Å²) in [6, 6.07) is 13.9. The van der Waals surface area contributed by atoms with Crippen molar-refractivity contribution in [3.8, 4) is 0 Å². The Morgan fingerprint density at radius 1 is 1.07 bits per heavy atom. The van der Waals surface area contributed by atoms with Crippen LogP contribution in [0.2, 0.25) is 0 Å². The van der Waals surface area contributed by atoms with Gasteiger partial charge in [-0.3, -0.25) is 9.59 Å². The van der Waals surface area contributed by atoms with Crippen molar-refractivity contribution in [3.05, 3.63) is 70.1 Å². The molecule has 0 atom stereocenters. The lowest BCUT2D eigenvalue weighted by molar-refractivity contribution is 0.0925. The zero-order chi connectivity index (χ0) is 19.5. The number of anilines is 1. The number of aryl methyl sites for hydroxylation is 1. The number of hydrogen-bond donors (Lipinski definition) is 3. The first-order valence-electron chi connectivity index (χ1n) is 9.71. The van der Waals surface area contributed by atoms with Crippen LogP contribution in [0, 0.1) is 6.92 Å². The number of carbonyl (C=O) groups is 1. The van der Waals surface area contributed by atoms with Crippen molar-refractivity contribution in [1.29, 1.82) is 0 Å². The highest BCUT2D eigenvalue weighted by Crippen LogP contribution is 2.24. The topological polar surface area (TPSA) is 86.9 Å². The first-order valence-corrected chi connectivity index (χ1v) is 9.71. The third kappa shape index (κ3) is 3.91. The molecule has 1 aromatic carbocycles. The van der Waals surface area contributed by atoms with Gasteiger partial charge in [-0.2, -0.15) is 0 Å². The van der Waals surface area contributed by atoms with Crippen LogP contribution in [-0.2, 0) is 0 Å². The van der Waals surface area contributed by atoms with Crippen LogP contribution in [0.1, 0.15) is 41.6 Å².